The maximum atomic E-state index is 13.4. The lowest BCUT2D eigenvalue weighted by atomic mass is 10.1. The molecule has 0 bridgehead atoms. The lowest BCUT2D eigenvalue weighted by Gasteiger charge is -2.29. The van der Waals surface area contributed by atoms with Gasteiger partial charge in [0, 0.05) is 15.6 Å². The first-order valence-corrected chi connectivity index (χ1v) is 13.7. The van der Waals surface area contributed by atoms with Gasteiger partial charge in [-0.2, -0.15) is 0 Å². The molecular weight excluding hydrogens is 611 g/mol. The highest BCUT2D eigenvalue weighted by Gasteiger charge is 2.34. The summed E-state index contributed by atoms with van der Waals surface area (Å²) >= 11 is 21.1. The van der Waals surface area contributed by atoms with Crippen LogP contribution in [0.25, 0.3) is 6.08 Å². The number of benzene rings is 3. The van der Waals surface area contributed by atoms with Gasteiger partial charge < -0.3 is 9.47 Å². The Bertz CT molecular complexity index is 1440. The summed E-state index contributed by atoms with van der Waals surface area (Å²) in [6.07, 6.45) is 2.37. The van der Waals surface area contributed by atoms with Gasteiger partial charge in [0.2, 0.25) is 0 Å². The van der Waals surface area contributed by atoms with Gasteiger partial charge in [0.05, 0.1) is 16.8 Å². The lowest BCUT2D eigenvalue weighted by molar-refractivity contribution is -0.122. The van der Waals surface area contributed by atoms with Crippen molar-refractivity contribution in [3.63, 3.8) is 0 Å². The third kappa shape index (κ3) is 6.21. The molecule has 10 heteroatoms. The van der Waals surface area contributed by atoms with Gasteiger partial charge in [0.1, 0.15) is 12.2 Å². The van der Waals surface area contributed by atoms with Crippen LogP contribution in [0.4, 0.5) is 5.69 Å². The van der Waals surface area contributed by atoms with Crippen molar-refractivity contribution in [2.24, 2.45) is 0 Å². The molecule has 0 unspecified atom stereocenters. The third-order valence-electron chi connectivity index (χ3n) is 5.73. The van der Waals surface area contributed by atoms with Gasteiger partial charge in [-0.1, -0.05) is 48.3 Å². The Morgan fingerprint density at radius 1 is 1.03 bits per heavy atom. The number of ether oxygens (including phenoxy) is 2. The Balaban J connectivity index is 1.65. The number of nitrogens with zero attached hydrogens (tertiary/aromatic N) is 1. The Kier molecular flexibility index (Phi) is 9.10. The molecule has 1 heterocycles. The number of halogens is 3. The van der Waals surface area contributed by atoms with Crippen molar-refractivity contribution in [3.05, 3.63) is 91.4 Å². The number of carbonyl (C=O) groups is 2. The number of carbonyl (C=O) groups excluding carboxylic acids is 2. The van der Waals surface area contributed by atoms with Crippen molar-refractivity contribution >= 4 is 80.0 Å². The Labute approximate surface area is 244 Å². The monoisotopic (exact) mass is 632 g/mol. The first-order valence-electron chi connectivity index (χ1n) is 11.7. The van der Waals surface area contributed by atoms with Crippen LogP contribution in [0.15, 0.2) is 64.6 Å². The Hall–Kier alpha value is -2.91. The minimum absolute atomic E-state index is 0.0298. The van der Waals surface area contributed by atoms with Gasteiger partial charge in [-0.25, -0.2) is 0 Å². The quantitative estimate of drug-likeness (QED) is 0.162. The smallest absolute Gasteiger partial charge is 0.270 e. The van der Waals surface area contributed by atoms with Crippen LogP contribution in [0.5, 0.6) is 11.5 Å². The lowest BCUT2D eigenvalue weighted by Crippen LogP contribution is -2.54. The van der Waals surface area contributed by atoms with Crippen molar-refractivity contribution in [2.75, 3.05) is 11.5 Å². The standard InChI is InChI=1S/C28H23BrCl2N2O4S/c1-3-16-5-9-20(10-6-16)33-27(35)21(26(34)32-28(33)38)11-17-12-22(29)25(24(13-17)36-4-2)37-15-18-7-8-19(30)14-23(18)31/h5-14H,3-4,15H2,1-2H3,(H,32,34,38)/b21-11+. The number of hydrogen-bond acceptors (Lipinski definition) is 5. The molecule has 6 nitrogen and oxygen atoms in total. The minimum Gasteiger partial charge on any atom is -0.490 e. The number of hydrogen-bond donors (Lipinski definition) is 1. The molecule has 1 aliphatic heterocycles. The molecule has 0 aromatic heterocycles. The van der Waals surface area contributed by atoms with E-state index in [9.17, 15) is 9.59 Å². The molecule has 3 aromatic carbocycles. The molecule has 1 saturated heterocycles. The van der Waals surface area contributed by atoms with E-state index in [0.29, 0.717) is 43.9 Å². The van der Waals surface area contributed by atoms with E-state index < -0.39 is 11.8 Å². The zero-order valence-electron chi connectivity index (χ0n) is 20.5. The first kappa shape index (κ1) is 28.1. The summed E-state index contributed by atoms with van der Waals surface area (Å²) in [7, 11) is 0. The van der Waals surface area contributed by atoms with Gasteiger partial charge in [0.25, 0.3) is 11.8 Å². The normalized spacial score (nSPS) is 14.6. The van der Waals surface area contributed by atoms with Crippen molar-refractivity contribution < 1.29 is 19.1 Å². The molecule has 3 aromatic rings. The highest BCUT2D eigenvalue weighted by Crippen LogP contribution is 2.39. The fourth-order valence-corrected chi connectivity index (χ4v) is 5.12. The molecule has 1 N–H and O–H groups in total. The fourth-order valence-electron chi connectivity index (χ4n) is 3.80. The van der Waals surface area contributed by atoms with Gasteiger partial charge in [-0.15, -0.1) is 0 Å². The van der Waals surface area contributed by atoms with Crippen LogP contribution in [0, 0.1) is 0 Å². The van der Waals surface area contributed by atoms with Crippen LogP contribution in [-0.2, 0) is 22.6 Å². The van der Waals surface area contributed by atoms with Gasteiger partial charge in [-0.05, 0) is 95.1 Å². The number of aryl methyl sites for hydroxylation is 1. The average Bonchev–Trinajstić information content (AvgIpc) is 2.87. The zero-order chi connectivity index (χ0) is 27.4. The second-order valence-electron chi connectivity index (χ2n) is 8.27. The summed E-state index contributed by atoms with van der Waals surface area (Å²) < 4.78 is 12.4. The molecule has 0 aliphatic carbocycles. The van der Waals surface area contributed by atoms with Crippen molar-refractivity contribution in [3.8, 4) is 11.5 Å². The summed E-state index contributed by atoms with van der Waals surface area (Å²) in [6, 6.07) is 16.1. The molecule has 0 spiro atoms. The summed E-state index contributed by atoms with van der Waals surface area (Å²) in [6.45, 7) is 4.45. The van der Waals surface area contributed by atoms with E-state index >= 15 is 0 Å². The molecule has 4 rings (SSSR count). The van der Waals surface area contributed by atoms with Crippen LogP contribution in [0.2, 0.25) is 10.0 Å². The van der Waals surface area contributed by atoms with E-state index in [1.165, 1.54) is 11.0 Å². The molecule has 0 radical (unpaired) electrons. The maximum Gasteiger partial charge on any atom is 0.270 e. The average molecular weight is 634 g/mol. The number of nitrogens with one attached hydrogen (secondary N) is 1. The minimum atomic E-state index is -0.576. The van der Waals surface area contributed by atoms with Crippen LogP contribution in [0.1, 0.15) is 30.5 Å². The van der Waals surface area contributed by atoms with Crippen LogP contribution < -0.4 is 19.7 Å². The summed E-state index contributed by atoms with van der Waals surface area (Å²) in [4.78, 5) is 27.5. The highest BCUT2D eigenvalue weighted by atomic mass is 79.9. The SMILES string of the molecule is CCOc1cc(/C=C2\C(=O)NC(=S)N(c3ccc(CC)cc3)C2=O)cc(Br)c1OCc1ccc(Cl)cc1Cl. The van der Waals surface area contributed by atoms with E-state index in [0.717, 1.165) is 17.5 Å². The second-order valence-corrected chi connectivity index (χ2v) is 10.3. The Morgan fingerprint density at radius 2 is 1.76 bits per heavy atom. The molecular formula is C28H23BrCl2N2O4S. The number of thiocarbonyl (C=S) groups is 1. The molecule has 1 fully saturated rings. The van der Waals surface area contributed by atoms with Crippen molar-refractivity contribution in [2.45, 2.75) is 26.9 Å². The number of anilines is 1. The van der Waals surface area contributed by atoms with Gasteiger partial charge in [-0.3, -0.25) is 19.8 Å². The number of rotatable bonds is 8. The molecule has 0 atom stereocenters. The third-order valence-corrected chi connectivity index (χ3v) is 7.19. The van der Waals surface area contributed by atoms with Crippen LogP contribution in [0.3, 0.4) is 0 Å². The summed E-state index contributed by atoms with van der Waals surface area (Å²) in [5.41, 5.74) is 2.95. The topological polar surface area (TPSA) is 67.9 Å². The highest BCUT2D eigenvalue weighted by molar-refractivity contribution is 9.10. The predicted molar refractivity (Wildman–Crippen MR) is 158 cm³/mol. The summed E-state index contributed by atoms with van der Waals surface area (Å²) in [5, 5.41) is 3.66. The van der Waals surface area contributed by atoms with Crippen LogP contribution >= 0.6 is 51.3 Å². The van der Waals surface area contributed by atoms with E-state index in [-0.39, 0.29) is 17.3 Å². The van der Waals surface area contributed by atoms with E-state index in [1.807, 2.05) is 26.0 Å². The number of amides is 2. The molecule has 196 valence electrons. The van der Waals surface area contributed by atoms with Crippen molar-refractivity contribution in [1.29, 1.82) is 0 Å². The van der Waals surface area contributed by atoms with E-state index in [2.05, 4.69) is 21.2 Å². The summed E-state index contributed by atoms with van der Waals surface area (Å²) in [5.74, 6) is -0.203. The fraction of sp³-hybridized carbons (Fsp3) is 0.179. The van der Waals surface area contributed by atoms with Gasteiger partial charge in [0.15, 0.2) is 16.6 Å². The van der Waals surface area contributed by atoms with Gasteiger partial charge >= 0.3 is 0 Å². The van der Waals surface area contributed by atoms with Crippen molar-refractivity contribution in [1.82, 2.24) is 5.32 Å². The molecule has 0 saturated carbocycles. The Morgan fingerprint density at radius 3 is 2.42 bits per heavy atom. The first-order chi connectivity index (χ1) is 18.2. The van der Waals surface area contributed by atoms with Crippen LogP contribution in [-0.4, -0.2) is 23.5 Å². The molecule has 1 aliphatic rings. The second kappa shape index (κ2) is 12.3. The largest absolute Gasteiger partial charge is 0.490 e. The predicted octanol–water partition coefficient (Wildman–Crippen LogP) is 7.13. The van der Waals surface area contributed by atoms with E-state index in [1.54, 1.807) is 42.5 Å². The molecule has 38 heavy (non-hydrogen) atoms. The van der Waals surface area contributed by atoms with E-state index in [4.69, 9.17) is 44.9 Å². The molecule has 2 amide bonds. The zero-order valence-corrected chi connectivity index (χ0v) is 24.4. The maximum absolute atomic E-state index is 13.4.